The van der Waals surface area contributed by atoms with Crippen LogP contribution in [0.25, 0.3) is 0 Å². The van der Waals surface area contributed by atoms with Gasteiger partial charge in [-0.3, -0.25) is 4.79 Å². The highest BCUT2D eigenvalue weighted by atomic mass is 16.5. The van der Waals surface area contributed by atoms with E-state index < -0.39 is 5.97 Å². The van der Waals surface area contributed by atoms with E-state index >= 15 is 0 Å². The summed E-state index contributed by atoms with van der Waals surface area (Å²) < 4.78 is 10.0. The van der Waals surface area contributed by atoms with Gasteiger partial charge in [0, 0.05) is 5.56 Å². The van der Waals surface area contributed by atoms with Crippen LogP contribution in [0.1, 0.15) is 70.8 Å². The zero-order valence-electron chi connectivity index (χ0n) is 16.2. The van der Waals surface area contributed by atoms with Crippen LogP contribution < -0.4 is 0 Å². The minimum absolute atomic E-state index is 0.184. The van der Waals surface area contributed by atoms with Crippen molar-refractivity contribution in [3.63, 3.8) is 0 Å². The van der Waals surface area contributed by atoms with Gasteiger partial charge >= 0.3 is 11.9 Å². The van der Waals surface area contributed by atoms with Gasteiger partial charge in [0.25, 0.3) is 0 Å². The van der Waals surface area contributed by atoms with Crippen LogP contribution in [-0.4, -0.2) is 19.0 Å². The van der Waals surface area contributed by atoms with E-state index in [4.69, 9.17) is 9.47 Å². The normalized spacial score (nSPS) is 19.7. The van der Waals surface area contributed by atoms with Gasteiger partial charge in [0.05, 0.1) is 24.7 Å². The van der Waals surface area contributed by atoms with Crippen molar-refractivity contribution >= 4 is 11.9 Å². The van der Waals surface area contributed by atoms with Gasteiger partial charge in [0.15, 0.2) is 0 Å². The van der Waals surface area contributed by atoms with Crippen molar-refractivity contribution in [2.45, 2.75) is 59.0 Å². The van der Waals surface area contributed by atoms with Gasteiger partial charge in [-0.2, -0.15) is 5.26 Å². The molecule has 0 amide bonds. The Bertz CT molecular complexity index is 860. The summed E-state index contributed by atoms with van der Waals surface area (Å²) in [6.07, 6.45) is 6.98. The first kappa shape index (κ1) is 19.2. The van der Waals surface area contributed by atoms with E-state index in [0.29, 0.717) is 24.0 Å². The fraction of sp³-hybridized carbons (Fsp3) is 0.500. The van der Waals surface area contributed by atoms with E-state index in [9.17, 15) is 14.9 Å². The zero-order valence-corrected chi connectivity index (χ0v) is 16.2. The fourth-order valence-corrected chi connectivity index (χ4v) is 4.45. The van der Waals surface area contributed by atoms with E-state index in [1.54, 1.807) is 0 Å². The molecule has 1 aromatic rings. The predicted octanol–water partition coefficient (Wildman–Crippen LogP) is 3.93. The van der Waals surface area contributed by atoms with Crippen LogP contribution in [0.5, 0.6) is 0 Å². The van der Waals surface area contributed by atoms with Crippen LogP contribution in [0.15, 0.2) is 11.6 Å². The number of nitrogens with zero attached hydrogens (tertiary/aromatic N) is 1. The molecular weight excluding hydrogens is 342 g/mol. The van der Waals surface area contributed by atoms with Gasteiger partial charge in [-0.25, -0.2) is 4.79 Å². The Morgan fingerprint density at radius 1 is 1.41 bits per heavy atom. The zero-order chi connectivity index (χ0) is 19.6. The smallest absolute Gasteiger partial charge is 0.340 e. The lowest BCUT2D eigenvalue weighted by Gasteiger charge is -2.17. The van der Waals surface area contributed by atoms with Gasteiger partial charge in [0.2, 0.25) is 0 Å². The van der Waals surface area contributed by atoms with Crippen molar-refractivity contribution < 1.29 is 19.1 Å². The third kappa shape index (κ3) is 3.49. The highest BCUT2D eigenvalue weighted by Gasteiger charge is 2.31. The van der Waals surface area contributed by atoms with E-state index in [1.807, 2.05) is 6.92 Å². The van der Waals surface area contributed by atoms with Crippen molar-refractivity contribution in [3.8, 4) is 6.07 Å². The van der Waals surface area contributed by atoms with E-state index in [0.717, 1.165) is 47.9 Å². The maximum atomic E-state index is 12.2. The number of hydrogen-bond donors (Lipinski definition) is 0. The first-order valence-corrected chi connectivity index (χ1v) is 9.51. The van der Waals surface area contributed by atoms with E-state index in [2.05, 4.69) is 19.1 Å². The van der Waals surface area contributed by atoms with Gasteiger partial charge in [-0.1, -0.05) is 18.6 Å². The molecule has 1 unspecified atom stereocenters. The number of esters is 2. The second-order valence-electron chi connectivity index (χ2n) is 7.20. The summed E-state index contributed by atoms with van der Waals surface area (Å²) in [7, 11) is 1.42. The molecule has 1 saturated carbocycles. The number of benzene rings is 1. The van der Waals surface area contributed by atoms with Crippen LogP contribution in [0.4, 0.5) is 0 Å². The highest BCUT2D eigenvalue weighted by Crippen LogP contribution is 2.36. The van der Waals surface area contributed by atoms with Crippen molar-refractivity contribution in [1.29, 1.82) is 5.26 Å². The summed E-state index contributed by atoms with van der Waals surface area (Å²) >= 11 is 0. The lowest BCUT2D eigenvalue weighted by atomic mass is 9.85. The third-order valence-corrected chi connectivity index (χ3v) is 5.89. The molecule has 1 atom stereocenters. The lowest BCUT2D eigenvalue weighted by Crippen LogP contribution is -2.10. The first-order chi connectivity index (χ1) is 13.0. The number of allylic oxidation sites excluding steroid dienone is 2. The Kier molecular flexibility index (Phi) is 5.65. The molecule has 1 aliphatic heterocycles. The SMILES string of the molecule is CCc1c(C)c2c(c(C#N)c1CC=C1CCCC1CC(=O)OC)C(=O)OC2. The molecule has 0 aromatic heterocycles. The summed E-state index contributed by atoms with van der Waals surface area (Å²) in [5.41, 5.74) is 6.12. The van der Waals surface area contributed by atoms with Crippen molar-refractivity contribution in [1.82, 2.24) is 0 Å². The summed E-state index contributed by atoms with van der Waals surface area (Å²) in [6, 6.07) is 2.25. The molecule has 5 heteroatoms. The molecule has 0 bridgehead atoms. The Labute approximate surface area is 160 Å². The van der Waals surface area contributed by atoms with Crippen LogP contribution in [0.2, 0.25) is 0 Å². The lowest BCUT2D eigenvalue weighted by molar-refractivity contribution is -0.141. The number of nitriles is 1. The molecule has 1 aliphatic carbocycles. The molecule has 0 spiro atoms. The standard InChI is InChI=1S/C22H25NO4/c1-4-16-13(2)19-12-27-22(25)21(19)18(11-23)17(16)9-8-14-6-5-7-15(14)10-20(24)26-3/h8,15H,4-7,9-10,12H2,1-3H3. The average Bonchev–Trinajstić information content (AvgIpc) is 3.27. The number of rotatable bonds is 5. The molecule has 3 rings (SSSR count). The molecule has 0 saturated heterocycles. The summed E-state index contributed by atoms with van der Waals surface area (Å²) in [6.45, 7) is 4.33. The van der Waals surface area contributed by atoms with Crippen molar-refractivity contribution in [3.05, 3.63) is 45.0 Å². The number of carbonyl (C=O) groups is 2. The van der Waals surface area contributed by atoms with Crippen LogP contribution in [0, 0.1) is 24.2 Å². The molecular formula is C22H25NO4. The highest BCUT2D eigenvalue weighted by molar-refractivity contribution is 5.97. The van der Waals surface area contributed by atoms with Crippen LogP contribution >= 0.6 is 0 Å². The van der Waals surface area contributed by atoms with Gasteiger partial charge in [-0.15, -0.1) is 0 Å². The van der Waals surface area contributed by atoms with E-state index in [1.165, 1.54) is 12.7 Å². The minimum Gasteiger partial charge on any atom is -0.469 e. The quantitative estimate of drug-likeness (QED) is 0.582. The largest absolute Gasteiger partial charge is 0.469 e. The molecule has 0 radical (unpaired) electrons. The van der Waals surface area contributed by atoms with E-state index in [-0.39, 0.29) is 18.5 Å². The van der Waals surface area contributed by atoms with Gasteiger partial charge in [0.1, 0.15) is 12.7 Å². The number of carbonyl (C=O) groups excluding carboxylic acids is 2. The minimum atomic E-state index is -0.398. The molecule has 1 aromatic carbocycles. The third-order valence-electron chi connectivity index (χ3n) is 5.89. The summed E-state index contributed by atoms with van der Waals surface area (Å²) in [5, 5.41) is 9.77. The Morgan fingerprint density at radius 2 is 2.19 bits per heavy atom. The van der Waals surface area contributed by atoms with Crippen LogP contribution in [-0.2, 0) is 33.7 Å². The maximum absolute atomic E-state index is 12.2. The second kappa shape index (κ2) is 7.96. The van der Waals surface area contributed by atoms with Crippen molar-refractivity contribution in [2.75, 3.05) is 7.11 Å². The number of fused-ring (bicyclic) bond motifs is 1. The van der Waals surface area contributed by atoms with Gasteiger partial charge in [-0.05, 0) is 61.6 Å². The predicted molar refractivity (Wildman–Crippen MR) is 100 cm³/mol. The van der Waals surface area contributed by atoms with Gasteiger partial charge < -0.3 is 9.47 Å². The Morgan fingerprint density at radius 3 is 2.85 bits per heavy atom. The Hall–Kier alpha value is -2.61. The number of cyclic esters (lactones) is 1. The molecule has 1 fully saturated rings. The summed E-state index contributed by atoms with van der Waals surface area (Å²) in [5.74, 6) is -0.366. The first-order valence-electron chi connectivity index (χ1n) is 9.51. The number of hydrogen-bond acceptors (Lipinski definition) is 5. The molecule has 27 heavy (non-hydrogen) atoms. The number of methoxy groups -OCH3 is 1. The number of ether oxygens (including phenoxy) is 2. The molecule has 1 heterocycles. The fourth-order valence-electron chi connectivity index (χ4n) is 4.45. The Balaban J connectivity index is 1.99. The molecule has 2 aliphatic rings. The molecule has 5 nitrogen and oxygen atoms in total. The maximum Gasteiger partial charge on any atom is 0.340 e. The monoisotopic (exact) mass is 367 g/mol. The molecule has 0 N–H and O–H groups in total. The van der Waals surface area contributed by atoms with Crippen molar-refractivity contribution in [2.24, 2.45) is 5.92 Å². The average molecular weight is 367 g/mol. The topological polar surface area (TPSA) is 76.4 Å². The van der Waals surface area contributed by atoms with Crippen LogP contribution in [0.3, 0.4) is 0 Å². The second-order valence-corrected chi connectivity index (χ2v) is 7.20. The summed E-state index contributed by atoms with van der Waals surface area (Å²) in [4.78, 5) is 23.8. The molecule has 142 valence electrons.